The lowest BCUT2D eigenvalue weighted by molar-refractivity contribution is -0.138. The van der Waals surface area contributed by atoms with Gasteiger partial charge in [0.25, 0.3) is 0 Å². The monoisotopic (exact) mass is 279 g/mol. The molecule has 4 nitrogen and oxygen atoms in total. The van der Waals surface area contributed by atoms with E-state index in [2.05, 4.69) is 5.32 Å². The first-order valence-electron chi connectivity index (χ1n) is 7.21. The average molecular weight is 279 g/mol. The van der Waals surface area contributed by atoms with E-state index in [4.69, 9.17) is 4.74 Å². The summed E-state index contributed by atoms with van der Waals surface area (Å²) in [6.45, 7) is 6.09. The predicted molar refractivity (Wildman–Crippen MR) is 80.0 cm³/mol. The van der Waals surface area contributed by atoms with Gasteiger partial charge in [0.2, 0.25) is 0 Å². The second-order valence-corrected chi connectivity index (χ2v) is 5.13. The number of benzene rings is 1. The lowest BCUT2D eigenvalue weighted by Gasteiger charge is -2.14. The number of carboxylic acids is 1. The van der Waals surface area contributed by atoms with Crippen molar-refractivity contribution < 1.29 is 14.6 Å². The first kappa shape index (κ1) is 16.7. The van der Waals surface area contributed by atoms with Crippen LogP contribution in [0.2, 0.25) is 0 Å². The van der Waals surface area contributed by atoms with Gasteiger partial charge in [0.1, 0.15) is 0 Å². The van der Waals surface area contributed by atoms with Crippen LogP contribution in [0, 0.1) is 0 Å². The quantitative estimate of drug-likeness (QED) is 0.646. The largest absolute Gasteiger partial charge is 0.481 e. The van der Waals surface area contributed by atoms with Gasteiger partial charge in [-0.2, -0.15) is 0 Å². The van der Waals surface area contributed by atoms with E-state index in [0.29, 0.717) is 6.54 Å². The molecule has 0 heterocycles. The van der Waals surface area contributed by atoms with Crippen LogP contribution in [-0.4, -0.2) is 36.9 Å². The zero-order chi connectivity index (χ0) is 14.8. The van der Waals surface area contributed by atoms with E-state index in [9.17, 15) is 9.90 Å². The molecule has 0 saturated heterocycles. The van der Waals surface area contributed by atoms with Gasteiger partial charge in [0.05, 0.1) is 12.0 Å². The number of hydrogen-bond donors (Lipinski definition) is 2. The molecule has 0 bridgehead atoms. The molecule has 0 amide bonds. The highest BCUT2D eigenvalue weighted by Crippen LogP contribution is 2.14. The topological polar surface area (TPSA) is 58.6 Å². The molecular weight excluding hydrogens is 254 g/mol. The third-order valence-electron chi connectivity index (χ3n) is 3.05. The van der Waals surface area contributed by atoms with Crippen molar-refractivity contribution in [3.05, 3.63) is 35.9 Å². The van der Waals surface area contributed by atoms with Crippen LogP contribution in [0.25, 0.3) is 0 Å². The summed E-state index contributed by atoms with van der Waals surface area (Å²) in [6, 6.07) is 9.35. The molecule has 1 aromatic carbocycles. The number of nitrogens with one attached hydrogen (secondary N) is 1. The second-order valence-electron chi connectivity index (χ2n) is 5.13. The van der Waals surface area contributed by atoms with Crippen LogP contribution < -0.4 is 5.32 Å². The van der Waals surface area contributed by atoms with Crippen LogP contribution >= 0.6 is 0 Å². The van der Waals surface area contributed by atoms with E-state index in [-0.39, 0.29) is 6.10 Å². The van der Waals surface area contributed by atoms with Crippen molar-refractivity contribution in [1.82, 2.24) is 5.32 Å². The Morgan fingerprint density at radius 3 is 2.55 bits per heavy atom. The average Bonchev–Trinajstić information content (AvgIpc) is 2.42. The molecule has 0 aliphatic heterocycles. The van der Waals surface area contributed by atoms with Gasteiger partial charge in [-0.25, -0.2) is 0 Å². The molecular formula is C16H25NO3. The highest BCUT2D eigenvalue weighted by molar-refractivity contribution is 5.76. The Hall–Kier alpha value is -1.39. The maximum atomic E-state index is 11.3. The highest BCUT2D eigenvalue weighted by atomic mass is 16.5. The predicted octanol–water partition coefficient (Wildman–Crippen LogP) is 2.65. The molecule has 1 unspecified atom stereocenters. The molecule has 1 rings (SSSR count). The van der Waals surface area contributed by atoms with Crippen LogP contribution in [0.15, 0.2) is 30.3 Å². The van der Waals surface area contributed by atoms with Gasteiger partial charge in [0, 0.05) is 13.2 Å². The zero-order valence-corrected chi connectivity index (χ0v) is 12.3. The summed E-state index contributed by atoms with van der Waals surface area (Å²) < 4.78 is 5.46. The summed E-state index contributed by atoms with van der Waals surface area (Å²) in [5.41, 5.74) is 0.843. The number of ether oxygens (including phenoxy) is 1. The summed E-state index contributed by atoms with van der Waals surface area (Å²) in [6.07, 6.45) is 2.26. The summed E-state index contributed by atoms with van der Waals surface area (Å²) in [5.74, 6) is -1.27. The first-order chi connectivity index (χ1) is 9.61. The third kappa shape index (κ3) is 6.68. The molecule has 0 fully saturated rings. The summed E-state index contributed by atoms with van der Waals surface area (Å²) in [4.78, 5) is 11.3. The minimum atomic E-state index is -0.785. The Morgan fingerprint density at radius 2 is 1.95 bits per heavy atom. The van der Waals surface area contributed by atoms with E-state index >= 15 is 0 Å². The van der Waals surface area contributed by atoms with Gasteiger partial charge >= 0.3 is 5.97 Å². The molecule has 1 aromatic rings. The van der Waals surface area contributed by atoms with Crippen molar-refractivity contribution in [2.75, 3.05) is 19.7 Å². The zero-order valence-electron chi connectivity index (χ0n) is 12.3. The highest BCUT2D eigenvalue weighted by Gasteiger charge is 2.18. The number of carboxylic acid groups (broad SMARTS) is 1. The molecule has 112 valence electrons. The van der Waals surface area contributed by atoms with Crippen LogP contribution in [0.5, 0.6) is 0 Å². The summed E-state index contributed by atoms with van der Waals surface area (Å²) in [7, 11) is 0. The van der Waals surface area contributed by atoms with Gasteiger partial charge in [-0.15, -0.1) is 0 Å². The van der Waals surface area contributed by atoms with Gasteiger partial charge in [-0.05, 0) is 38.8 Å². The third-order valence-corrected chi connectivity index (χ3v) is 3.05. The Kier molecular flexibility index (Phi) is 7.92. The smallest absolute Gasteiger partial charge is 0.312 e. The fourth-order valence-corrected chi connectivity index (χ4v) is 1.95. The molecule has 0 aromatic heterocycles. The standard InChI is InChI=1S/C16H25NO3/c1-13(2)20-11-7-6-10-17-12-15(16(18)19)14-8-4-3-5-9-14/h3-5,8-9,13,15,17H,6-7,10-12H2,1-2H3,(H,18,19). The fraction of sp³-hybridized carbons (Fsp3) is 0.562. The lowest BCUT2D eigenvalue weighted by atomic mass is 9.99. The Bertz CT molecular complexity index is 379. The van der Waals surface area contributed by atoms with Crippen molar-refractivity contribution in [3.8, 4) is 0 Å². The van der Waals surface area contributed by atoms with E-state index in [1.165, 1.54) is 0 Å². The molecule has 4 heteroatoms. The minimum Gasteiger partial charge on any atom is -0.481 e. The lowest BCUT2D eigenvalue weighted by Crippen LogP contribution is -2.27. The second kappa shape index (κ2) is 9.50. The molecule has 0 aliphatic carbocycles. The Labute approximate surface area is 121 Å². The van der Waals surface area contributed by atoms with Crippen molar-refractivity contribution >= 4 is 5.97 Å². The van der Waals surface area contributed by atoms with Crippen molar-refractivity contribution in [1.29, 1.82) is 0 Å². The molecule has 20 heavy (non-hydrogen) atoms. The molecule has 0 spiro atoms. The van der Waals surface area contributed by atoms with Gasteiger partial charge < -0.3 is 15.2 Å². The molecule has 2 N–H and O–H groups in total. The number of rotatable bonds is 10. The molecule has 1 atom stereocenters. The van der Waals surface area contributed by atoms with E-state index in [0.717, 1.165) is 31.6 Å². The van der Waals surface area contributed by atoms with Crippen LogP contribution in [0.3, 0.4) is 0 Å². The molecule has 0 radical (unpaired) electrons. The normalized spacial score (nSPS) is 12.6. The van der Waals surface area contributed by atoms with E-state index in [1.807, 2.05) is 44.2 Å². The van der Waals surface area contributed by atoms with Crippen molar-refractivity contribution in [3.63, 3.8) is 0 Å². The van der Waals surface area contributed by atoms with Crippen molar-refractivity contribution in [2.45, 2.75) is 38.7 Å². The number of carbonyl (C=O) groups is 1. The summed E-state index contributed by atoms with van der Waals surface area (Å²) in [5, 5.41) is 12.5. The van der Waals surface area contributed by atoms with E-state index in [1.54, 1.807) is 0 Å². The number of aliphatic carboxylic acids is 1. The first-order valence-corrected chi connectivity index (χ1v) is 7.21. The van der Waals surface area contributed by atoms with Crippen molar-refractivity contribution in [2.24, 2.45) is 0 Å². The fourth-order valence-electron chi connectivity index (χ4n) is 1.95. The number of unbranched alkanes of at least 4 members (excludes halogenated alkanes) is 1. The maximum absolute atomic E-state index is 11.3. The summed E-state index contributed by atoms with van der Waals surface area (Å²) >= 11 is 0. The Balaban J connectivity index is 2.23. The number of hydrogen-bond acceptors (Lipinski definition) is 3. The molecule has 0 aliphatic rings. The maximum Gasteiger partial charge on any atom is 0.312 e. The van der Waals surface area contributed by atoms with Crippen LogP contribution in [0.1, 0.15) is 38.2 Å². The SMILES string of the molecule is CC(C)OCCCCNCC(C(=O)O)c1ccccc1. The van der Waals surface area contributed by atoms with E-state index < -0.39 is 11.9 Å². The van der Waals surface area contributed by atoms with Gasteiger partial charge in [-0.3, -0.25) is 4.79 Å². The van der Waals surface area contributed by atoms with Crippen LogP contribution in [0.4, 0.5) is 0 Å². The van der Waals surface area contributed by atoms with Gasteiger partial charge in [-0.1, -0.05) is 30.3 Å². The van der Waals surface area contributed by atoms with Crippen LogP contribution in [-0.2, 0) is 9.53 Å². The van der Waals surface area contributed by atoms with Gasteiger partial charge in [0.15, 0.2) is 0 Å². The minimum absolute atomic E-state index is 0.275. The molecule has 0 saturated carbocycles. The Morgan fingerprint density at radius 1 is 1.25 bits per heavy atom.